The number of ether oxygens (including phenoxy) is 1. The van der Waals surface area contributed by atoms with E-state index in [2.05, 4.69) is 24.1 Å². The summed E-state index contributed by atoms with van der Waals surface area (Å²) >= 11 is 0. The molecule has 1 amide bonds. The molecule has 2 aliphatic heterocycles. The largest absolute Gasteiger partial charge is 0.379 e. The highest BCUT2D eigenvalue weighted by molar-refractivity contribution is 5.97. The lowest BCUT2D eigenvalue weighted by Gasteiger charge is -2.23. The summed E-state index contributed by atoms with van der Waals surface area (Å²) in [4.78, 5) is 32.7. The van der Waals surface area contributed by atoms with Gasteiger partial charge in [0.25, 0.3) is 11.5 Å². The molecule has 7 heteroatoms. The number of nitrogens with zero attached hydrogens (tertiary/aromatic N) is 3. The molecule has 2 aromatic rings. The van der Waals surface area contributed by atoms with Crippen molar-refractivity contribution in [3.8, 4) is 0 Å². The van der Waals surface area contributed by atoms with Crippen LogP contribution in [0, 0.1) is 0 Å². The number of carbonyl (C=O) groups excluding carboxylic acids is 1. The van der Waals surface area contributed by atoms with Crippen molar-refractivity contribution < 1.29 is 9.53 Å². The Labute approximate surface area is 164 Å². The minimum absolute atomic E-state index is 0.0155. The zero-order valence-corrected chi connectivity index (χ0v) is 16.6. The number of hydrogen-bond acceptors (Lipinski definition) is 5. The first-order valence-corrected chi connectivity index (χ1v) is 10.2. The standard InChI is InChI=1S/C21H28N4O3/c1-14(2)24-8-7-19-23-18-12-15(20(26)22-16-4-3-11-28-13-16)5-6-17(18)21(27)25(19)10-9-24/h5-6,12,14,16H,3-4,7-11,13H2,1-2H3,(H,22,26). The van der Waals surface area contributed by atoms with Crippen LogP contribution in [0.2, 0.25) is 0 Å². The van der Waals surface area contributed by atoms with E-state index in [1.54, 1.807) is 22.8 Å². The Morgan fingerprint density at radius 3 is 2.89 bits per heavy atom. The van der Waals surface area contributed by atoms with Crippen molar-refractivity contribution in [2.24, 2.45) is 0 Å². The van der Waals surface area contributed by atoms with Gasteiger partial charge in [0, 0.05) is 44.3 Å². The molecule has 7 nitrogen and oxygen atoms in total. The number of hydrogen-bond donors (Lipinski definition) is 1. The molecular weight excluding hydrogens is 356 g/mol. The summed E-state index contributed by atoms with van der Waals surface area (Å²) in [6.45, 7) is 8.04. The molecule has 0 radical (unpaired) electrons. The Balaban J connectivity index is 1.62. The Bertz CT molecular complexity index is 931. The van der Waals surface area contributed by atoms with E-state index in [1.165, 1.54) is 0 Å². The van der Waals surface area contributed by atoms with Gasteiger partial charge in [-0.15, -0.1) is 0 Å². The van der Waals surface area contributed by atoms with Crippen LogP contribution >= 0.6 is 0 Å². The number of carbonyl (C=O) groups is 1. The number of nitrogens with one attached hydrogen (secondary N) is 1. The molecule has 1 aromatic carbocycles. The van der Waals surface area contributed by atoms with Gasteiger partial charge < -0.3 is 10.1 Å². The topological polar surface area (TPSA) is 76.5 Å². The molecular formula is C21H28N4O3. The number of aromatic nitrogens is 2. The molecule has 150 valence electrons. The van der Waals surface area contributed by atoms with Crippen LogP contribution in [0.3, 0.4) is 0 Å². The van der Waals surface area contributed by atoms with E-state index in [0.29, 0.717) is 35.7 Å². The molecule has 0 aliphatic carbocycles. The third kappa shape index (κ3) is 3.82. The summed E-state index contributed by atoms with van der Waals surface area (Å²) in [6, 6.07) is 5.68. The van der Waals surface area contributed by atoms with Crippen LogP contribution in [0.4, 0.5) is 0 Å². The van der Waals surface area contributed by atoms with Crippen LogP contribution in [-0.4, -0.2) is 58.7 Å². The Hall–Kier alpha value is -2.25. The van der Waals surface area contributed by atoms with Crippen LogP contribution in [0.25, 0.3) is 10.9 Å². The number of fused-ring (bicyclic) bond motifs is 2. The maximum atomic E-state index is 13.0. The van der Waals surface area contributed by atoms with Crippen molar-refractivity contribution >= 4 is 16.8 Å². The van der Waals surface area contributed by atoms with Gasteiger partial charge in [-0.2, -0.15) is 0 Å². The van der Waals surface area contributed by atoms with Crippen LogP contribution in [0.5, 0.6) is 0 Å². The fraction of sp³-hybridized carbons (Fsp3) is 0.571. The molecule has 1 aromatic heterocycles. The smallest absolute Gasteiger partial charge is 0.261 e. The van der Waals surface area contributed by atoms with E-state index in [4.69, 9.17) is 9.72 Å². The van der Waals surface area contributed by atoms with E-state index < -0.39 is 0 Å². The minimum atomic E-state index is -0.139. The van der Waals surface area contributed by atoms with Gasteiger partial charge in [0.15, 0.2) is 0 Å². The highest BCUT2D eigenvalue weighted by Gasteiger charge is 2.21. The van der Waals surface area contributed by atoms with Crippen molar-refractivity contribution in [2.75, 3.05) is 26.3 Å². The van der Waals surface area contributed by atoms with Crippen LogP contribution < -0.4 is 10.9 Å². The average Bonchev–Trinajstić information content (AvgIpc) is 2.91. The Kier molecular flexibility index (Phi) is 5.46. The Morgan fingerprint density at radius 1 is 1.29 bits per heavy atom. The SMILES string of the molecule is CC(C)N1CCc2nc3cc(C(=O)NC4CCCOC4)ccc3c(=O)n2CC1. The van der Waals surface area contributed by atoms with Crippen molar-refractivity contribution in [3.05, 3.63) is 39.9 Å². The predicted molar refractivity (Wildman–Crippen MR) is 108 cm³/mol. The molecule has 3 heterocycles. The summed E-state index contributed by atoms with van der Waals surface area (Å²) in [5.74, 6) is 0.666. The molecule has 1 fully saturated rings. The first kappa shape index (κ1) is 19.1. The van der Waals surface area contributed by atoms with Crippen LogP contribution in [0.15, 0.2) is 23.0 Å². The van der Waals surface area contributed by atoms with Gasteiger partial charge >= 0.3 is 0 Å². The van der Waals surface area contributed by atoms with Gasteiger partial charge in [0.2, 0.25) is 0 Å². The lowest BCUT2D eigenvalue weighted by atomic mass is 10.1. The summed E-state index contributed by atoms with van der Waals surface area (Å²) in [7, 11) is 0. The molecule has 0 bridgehead atoms. The minimum Gasteiger partial charge on any atom is -0.379 e. The zero-order chi connectivity index (χ0) is 19.7. The zero-order valence-electron chi connectivity index (χ0n) is 16.6. The van der Waals surface area contributed by atoms with Gasteiger partial charge in [0.1, 0.15) is 5.82 Å². The highest BCUT2D eigenvalue weighted by atomic mass is 16.5. The van der Waals surface area contributed by atoms with E-state index in [1.807, 2.05) is 0 Å². The lowest BCUT2D eigenvalue weighted by Crippen LogP contribution is -2.40. The second-order valence-corrected chi connectivity index (χ2v) is 7.98. The van der Waals surface area contributed by atoms with Gasteiger partial charge in [-0.05, 0) is 44.9 Å². The maximum Gasteiger partial charge on any atom is 0.261 e. The molecule has 1 saturated heterocycles. The molecule has 0 spiro atoms. The molecule has 1 unspecified atom stereocenters. The van der Waals surface area contributed by atoms with E-state index in [9.17, 15) is 9.59 Å². The second-order valence-electron chi connectivity index (χ2n) is 7.98. The fourth-order valence-corrected chi connectivity index (χ4v) is 4.05. The van der Waals surface area contributed by atoms with Gasteiger partial charge in [-0.25, -0.2) is 4.98 Å². The summed E-state index contributed by atoms with van der Waals surface area (Å²) in [5, 5.41) is 3.59. The molecule has 28 heavy (non-hydrogen) atoms. The highest BCUT2D eigenvalue weighted by Crippen LogP contribution is 2.15. The molecule has 1 atom stereocenters. The van der Waals surface area contributed by atoms with E-state index in [0.717, 1.165) is 44.8 Å². The number of amides is 1. The summed E-state index contributed by atoms with van der Waals surface area (Å²) in [5.41, 5.74) is 1.12. The van der Waals surface area contributed by atoms with Crippen LogP contribution in [-0.2, 0) is 17.7 Å². The average molecular weight is 384 g/mol. The lowest BCUT2D eigenvalue weighted by molar-refractivity contribution is 0.0624. The summed E-state index contributed by atoms with van der Waals surface area (Å²) < 4.78 is 7.22. The molecule has 1 N–H and O–H groups in total. The normalized spacial score (nSPS) is 20.8. The van der Waals surface area contributed by atoms with Crippen molar-refractivity contribution in [3.63, 3.8) is 0 Å². The van der Waals surface area contributed by atoms with Crippen molar-refractivity contribution in [1.29, 1.82) is 0 Å². The van der Waals surface area contributed by atoms with E-state index in [-0.39, 0.29) is 17.5 Å². The first-order valence-electron chi connectivity index (χ1n) is 10.2. The molecule has 0 saturated carbocycles. The van der Waals surface area contributed by atoms with Crippen molar-refractivity contribution in [1.82, 2.24) is 19.8 Å². The first-order chi connectivity index (χ1) is 13.5. The van der Waals surface area contributed by atoms with Crippen LogP contribution in [0.1, 0.15) is 42.9 Å². The third-order valence-corrected chi connectivity index (χ3v) is 5.76. The summed E-state index contributed by atoms with van der Waals surface area (Å²) in [6.07, 6.45) is 2.62. The monoisotopic (exact) mass is 384 g/mol. The maximum absolute atomic E-state index is 13.0. The molecule has 4 rings (SSSR count). The van der Waals surface area contributed by atoms with Gasteiger partial charge in [-0.1, -0.05) is 0 Å². The molecule has 2 aliphatic rings. The fourth-order valence-electron chi connectivity index (χ4n) is 4.05. The number of rotatable bonds is 3. The second kappa shape index (κ2) is 8.01. The Morgan fingerprint density at radius 2 is 2.14 bits per heavy atom. The van der Waals surface area contributed by atoms with Crippen molar-refractivity contribution in [2.45, 2.75) is 51.7 Å². The van der Waals surface area contributed by atoms with E-state index >= 15 is 0 Å². The number of benzene rings is 1. The predicted octanol–water partition coefficient (Wildman–Crippen LogP) is 1.57. The van der Waals surface area contributed by atoms with Gasteiger partial charge in [-0.3, -0.25) is 19.1 Å². The van der Waals surface area contributed by atoms with Gasteiger partial charge in [0.05, 0.1) is 23.6 Å². The third-order valence-electron chi connectivity index (χ3n) is 5.76. The quantitative estimate of drug-likeness (QED) is 0.869.